The highest BCUT2D eigenvalue weighted by molar-refractivity contribution is 5.52. The van der Waals surface area contributed by atoms with Crippen LogP contribution in [-0.2, 0) is 4.74 Å². The lowest BCUT2D eigenvalue weighted by atomic mass is 10.1. The van der Waals surface area contributed by atoms with Crippen LogP contribution in [0.2, 0.25) is 0 Å². The van der Waals surface area contributed by atoms with E-state index in [0.29, 0.717) is 0 Å². The van der Waals surface area contributed by atoms with Crippen LogP contribution in [0.25, 0.3) is 0 Å². The molecule has 0 aliphatic carbocycles. The van der Waals surface area contributed by atoms with Gasteiger partial charge in [-0.1, -0.05) is 0 Å². The quantitative estimate of drug-likeness (QED) is 0.508. The summed E-state index contributed by atoms with van der Waals surface area (Å²) >= 11 is 0. The second kappa shape index (κ2) is 5.30. The standard InChI is InChI=1S/C11H10F5NO2/c12-6-7(13)9(15)11(10(16)8(6)14)17-1-2-19-4-5(17)3-18/h5,18H,1-4H2. The molecule has 0 amide bonds. The van der Waals surface area contributed by atoms with Crippen molar-refractivity contribution in [2.24, 2.45) is 0 Å². The van der Waals surface area contributed by atoms with Crippen LogP contribution in [0.5, 0.6) is 0 Å². The van der Waals surface area contributed by atoms with Crippen LogP contribution in [0.1, 0.15) is 0 Å². The van der Waals surface area contributed by atoms with E-state index in [9.17, 15) is 22.0 Å². The van der Waals surface area contributed by atoms with E-state index in [1.807, 2.05) is 0 Å². The fourth-order valence-corrected chi connectivity index (χ4v) is 1.95. The Morgan fingerprint density at radius 3 is 2.05 bits per heavy atom. The summed E-state index contributed by atoms with van der Waals surface area (Å²) < 4.78 is 71.3. The molecule has 1 aliphatic rings. The van der Waals surface area contributed by atoms with Crippen LogP contribution in [0.4, 0.5) is 27.6 Å². The fraction of sp³-hybridized carbons (Fsp3) is 0.455. The molecule has 1 N–H and O–H groups in total. The number of nitrogens with zero attached hydrogens (tertiary/aromatic N) is 1. The van der Waals surface area contributed by atoms with Gasteiger partial charge in [0.1, 0.15) is 5.69 Å². The predicted molar refractivity (Wildman–Crippen MR) is 55.3 cm³/mol. The summed E-state index contributed by atoms with van der Waals surface area (Å²) in [5, 5.41) is 9.07. The molecule has 1 saturated heterocycles. The van der Waals surface area contributed by atoms with E-state index in [0.717, 1.165) is 4.90 Å². The van der Waals surface area contributed by atoms with Gasteiger partial charge in [0, 0.05) is 6.54 Å². The number of halogens is 5. The molecule has 1 heterocycles. The minimum Gasteiger partial charge on any atom is -0.394 e. The van der Waals surface area contributed by atoms with E-state index in [-0.39, 0.29) is 19.8 Å². The van der Waals surface area contributed by atoms with Crippen molar-refractivity contribution in [2.45, 2.75) is 6.04 Å². The van der Waals surface area contributed by atoms with Gasteiger partial charge in [-0.3, -0.25) is 0 Å². The summed E-state index contributed by atoms with van der Waals surface area (Å²) in [7, 11) is 0. The first-order valence-electron chi connectivity index (χ1n) is 5.45. The molecule has 8 heteroatoms. The highest BCUT2D eigenvalue weighted by Gasteiger charge is 2.33. The molecule has 0 radical (unpaired) electrons. The number of benzene rings is 1. The van der Waals surface area contributed by atoms with E-state index in [1.54, 1.807) is 0 Å². The Kier molecular flexibility index (Phi) is 3.91. The summed E-state index contributed by atoms with van der Waals surface area (Å²) in [6, 6.07) is -0.859. The van der Waals surface area contributed by atoms with Gasteiger partial charge >= 0.3 is 0 Å². The maximum absolute atomic E-state index is 13.6. The molecule has 19 heavy (non-hydrogen) atoms. The van der Waals surface area contributed by atoms with Crippen LogP contribution >= 0.6 is 0 Å². The van der Waals surface area contributed by atoms with Gasteiger partial charge in [0.25, 0.3) is 0 Å². The van der Waals surface area contributed by atoms with Crippen LogP contribution in [-0.4, -0.2) is 37.5 Å². The van der Waals surface area contributed by atoms with Crippen molar-refractivity contribution in [3.8, 4) is 0 Å². The SMILES string of the molecule is OCC1COCCN1c1c(F)c(F)c(F)c(F)c1F. The molecule has 0 saturated carbocycles. The van der Waals surface area contributed by atoms with Gasteiger partial charge in [-0.15, -0.1) is 0 Å². The molecular weight excluding hydrogens is 273 g/mol. The third kappa shape index (κ3) is 2.25. The lowest BCUT2D eigenvalue weighted by Gasteiger charge is -2.36. The number of hydrogen-bond acceptors (Lipinski definition) is 3. The summed E-state index contributed by atoms with van der Waals surface area (Å²) in [5.41, 5.74) is -1.03. The number of rotatable bonds is 2. The minimum atomic E-state index is -2.20. The first kappa shape index (κ1) is 14.0. The van der Waals surface area contributed by atoms with Crippen molar-refractivity contribution in [3.05, 3.63) is 29.1 Å². The van der Waals surface area contributed by atoms with E-state index in [2.05, 4.69) is 0 Å². The number of anilines is 1. The van der Waals surface area contributed by atoms with E-state index < -0.39 is 47.4 Å². The Morgan fingerprint density at radius 1 is 1.00 bits per heavy atom. The number of ether oxygens (including phenoxy) is 1. The third-order valence-electron chi connectivity index (χ3n) is 2.91. The fourth-order valence-electron chi connectivity index (χ4n) is 1.95. The molecule has 2 rings (SSSR count). The molecule has 106 valence electrons. The zero-order valence-corrected chi connectivity index (χ0v) is 9.60. The number of morpholine rings is 1. The average molecular weight is 283 g/mol. The van der Waals surface area contributed by atoms with Gasteiger partial charge < -0.3 is 14.7 Å². The topological polar surface area (TPSA) is 32.7 Å². The van der Waals surface area contributed by atoms with E-state index in [4.69, 9.17) is 9.84 Å². The van der Waals surface area contributed by atoms with E-state index in [1.165, 1.54) is 0 Å². The summed E-state index contributed by atoms with van der Waals surface area (Å²) in [6.07, 6.45) is 0. The molecule has 1 aromatic rings. The zero-order chi connectivity index (χ0) is 14.2. The molecule has 1 fully saturated rings. The molecule has 1 atom stereocenters. The zero-order valence-electron chi connectivity index (χ0n) is 9.60. The first-order valence-corrected chi connectivity index (χ1v) is 5.45. The van der Waals surface area contributed by atoms with Crippen LogP contribution in [0.15, 0.2) is 0 Å². The third-order valence-corrected chi connectivity index (χ3v) is 2.91. The predicted octanol–water partition coefficient (Wildman–Crippen LogP) is 1.58. The molecule has 1 aromatic carbocycles. The number of aliphatic hydroxyl groups excluding tert-OH is 1. The van der Waals surface area contributed by atoms with Gasteiger partial charge in [-0.2, -0.15) is 0 Å². The Bertz CT molecular complexity index is 467. The normalized spacial score (nSPS) is 19.9. The monoisotopic (exact) mass is 283 g/mol. The second-order valence-electron chi connectivity index (χ2n) is 4.02. The maximum Gasteiger partial charge on any atom is 0.200 e. The largest absolute Gasteiger partial charge is 0.394 e. The van der Waals surface area contributed by atoms with Crippen molar-refractivity contribution >= 4 is 5.69 Å². The summed E-state index contributed by atoms with van der Waals surface area (Å²) in [5.74, 6) is -10.0. The summed E-state index contributed by atoms with van der Waals surface area (Å²) in [6.45, 7) is -0.602. The molecule has 0 aromatic heterocycles. The number of hydrogen-bond donors (Lipinski definition) is 1. The number of aliphatic hydroxyl groups is 1. The highest BCUT2D eigenvalue weighted by Crippen LogP contribution is 2.32. The van der Waals surface area contributed by atoms with Crippen molar-refractivity contribution in [1.29, 1.82) is 0 Å². The molecular formula is C11H10F5NO2. The Labute approximate surface area is 105 Å². The maximum atomic E-state index is 13.6. The molecule has 1 unspecified atom stereocenters. The highest BCUT2D eigenvalue weighted by atomic mass is 19.2. The lowest BCUT2D eigenvalue weighted by molar-refractivity contribution is 0.0717. The smallest absolute Gasteiger partial charge is 0.200 e. The Balaban J connectivity index is 2.55. The van der Waals surface area contributed by atoms with Crippen molar-refractivity contribution in [3.63, 3.8) is 0 Å². The summed E-state index contributed by atoms with van der Waals surface area (Å²) in [4.78, 5) is 0.930. The van der Waals surface area contributed by atoms with Crippen LogP contribution in [0.3, 0.4) is 0 Å². The molecule has 3 nitrogen and oxygen atoms in total. The van der Waals surface area contributed by atoms with Gasteiger partial charge in [-0.25, -0.2) is 22.0 Å². The second-order valence-corrected chi connectivity index (χ2v) is 4.02. The molecule has 0 spiro atoms. The molecule has 1 aliphatic heterocycles. The van der Waals surface area contributed by atoms with Gasteiger partial charge in [0.15, 0.2) is 23.3 Å². The van der Waals surface area contributed by atoms with Crippen molar-refractivity contribution in [1.82, 2.24) is 0 Å². The van der Waals surface area contributed by atoms with Crippen molar-refractivity contribution < 1.29 is 31.8 Å². The van der Waals surface area contributed by atoms with Gasteiger partial charge in [0.2, 0.25) is 5.82 Å². The van der Waals surface area contributed by atoms with Gasteiger partial charge in [0.05, 0.1) is 25.9 Å². The lowest BCUT2D eigenvalue weighted by Crippen LogP contribution is -2.48. The first-order chi connectivity index (χ1) is 8.99. The van der Waals surface area contributed by atoms with Crippen LogP contribution < -0.4 is 4.90 Å². The average Bonchev–Trinajstić information content (AvgIpc) is 2.44. The van der Waals surface area contributed by atoms with Crippen molar-refractivity contribution in [2.75, 3.05) is 31.3 Å². The Morgan fingerprint density at radius 2 is 1.53 bits per heavy atom. The Hall–Kier alpha value is -1.41. The van der Waals surface area contributed by atoms with Gasteiger partial charge in [-0.05, 0) is 0 Å². The molecule has 0 bridgehead atoms. The minimum absolute atomic E-state index is 0.0595. The van der Waals surface area contributed by atoms with E-state index >= 15 is 0 Å². The van der Waals surface area contributed by atoms with Crippen LogP contribution in [0, 0.1) is 29.1 Å².